The predicted molar refractivity (Wildman–Crippen MR) is 118 cm³/mol. The Hall–Kier alpha value is -2.68. The molecule has 0 aliphatic rings. The van der Waals surface area contributed by atoms with Gasteiger partial charge in [0.25, 0.3) is 5.91 Å². The minimum Gasteiger partial charge on any atom is -0.494 e. The molecule has 2 N–H and O–H groups in total. The molecule has 0 bridgehead atoms. The van der Waals surface area contributed by atoms with Gasteiger partial charge in [0.05, 0.1) is 17.5 Å². The van der Waals surface area contributed by atoms with Crippen LogP contribution in [-0.4, -0.2) is 20.9 Å². The van der Waals surface area contributed by atoms with Crippen LogP contribution < -0.4 is 14.8 Å². The van der Waals surface area contributed by atoms with E-state index in [0.29, 0.717) is 6.61 Å². The quantitative estimate of drug-likeness (QED) is 0.520. The molecule has 1 unspecified atom stereocenters. The number of benzene rings is 2. The van der Waals surface area contributed by atoms with Crippen LogP contribution in [0.1, 0.15) is 40.7 Å². The van der Waals surface area contributed by atoms with E-state index < -0.39 is 10.0 Å². The Bertz CT molecular complexity index is 1080. The summed E-state index contributed by atoms with van der Waals surface area (Å²) in [5.41, 5.74) is 1.21. The number of hydrogen-bond acceptors (Lipinski definition) is 5. The van der Waals surface area contributed by atoms with Crippen molar-refractivity contribution in [2.45, 2.75) is 31.3 Å². The minimum atomic E-state index is -3.72. The van der Waals surface area contributed by atoms with Crippen molar-refractivity contribution in [2.24, 2.45) is 0 Å². The predicted octanol–water partition coefficient (Wildman–Crippen LogP) is 4.12. The first-order valence-corrected chi connectivity index (χ1v) is 11.9. The van der Waals surface area contributed by atoms with Gasteiger partial charge < -0.3 is 10.1 Å². The van der Waals surface area contributed by atoms with Gasteiger partial charge in [-0.1, -0.05) is 24.3 Å². The average molecular weight is 445 g/mol. The van der Waals surface area contributed by atoms with Crippen LogP contribution in [-0.2, 0) is 16.6 Å². The van der Waals surface area contributed by atoms with Crippen molar-refractivity contribution < 1.29 is 17.9 Å². The summed E-state index contributed by atoms with van der Waals surface area (Å²) in [5.74, 6) is 0.430. The second-order valence-corrected chi connectivity index (χ2v) is 9.43. The molecular formula is C22H24N2O4S2. The summed E-state index contributed by atoms with van der Waals surface area (Å²) in [6.45, 7) is 4.60. The van der Waals surface area contributed by atoms with Crippen molar-refractivity contribution >= 4 is 27.3 Å². The van der Waals surface area contributed by atoms with E-state index in [-0.39, 0.29) is 29.0 Å². The lowest BCUT2D eigenvalue weighted by molar-refractivity contribution is 0.0939. The fourth-order valence-electron chi connectivity index (χ4n) is 2.85. The third kappa shape index (κ3) is 5.69. The van der Waals surface area contributed by atoms with Gasteiger partial charge in [0.15, 0.2) is 0 Å². The second-order valence-electron chi connectivity index (χ2n) is 6.63. The number of carbonyl (C=O) groups excluding carboxylic acids is 1. The highest BCUT2D eigenvalue weighted by Crippen LogP contribution is 2.19. The van der Waals surface area contributed by atoms with E-state index in [1.165, 1.54) is 23.5 Å². The van der Waals surface area contributed by atoms with E-state index in [4.69, 9.17) is 4.74 Å². The number of ether oxygens (including phenoxy) is 1. The molecule has 0 saturated heterocycles. The summed E-state index contributed by atoms with van der Waals surface area (Å²) in [6.07, 6.45) is 0. The molecule has 0 aliphatic heterocycles. The number of hydrogen-bond donors (Lipinski definition) is 2. The molecule has 8 heteroatoms. The average Bonchev–Trinajstić information content (AvgIpc) is 3.27. The zero-order chi connectivity index (χ0) is 21.6. The Balaban J connectivity index is 1.67. The minimum absolute atomic E-state index is 0.0560. The highest BCUT2D eigenvalue weighted by molar-refractivity contribution is 7.89. The largest absolute Gasteiger partial charge is 0.494 e. The van der Waals surface area contributed by atoms with Crippen molar-refractivity contribution in [3.63, 3.8) is 0 Å². The molecule has 1 atom stereocenters. The highest BCUT2D eigenvalue weighted by atomic mass is 32.2. The van der Waals surface area contributed by atoms with Crippen LogP contribution in [0, 0.1) is 0 Å². The SMILES string of the molecule is CCOc1ccc(C(C)NC(=O)c2cccc(S(=O)(=O)NCc3cccs3)c2)cc1. The molecule has 0 saturated carbocycles. The van der Waals surface area contributed by atoms with Gasteiger partial charge in [-0.3, -0.25) is 4.79 Å². The number of sulfonamides is 1. The normalized spacial score (nSPS) is 12.3. The lowest BCUT2D eigenvalue weighted by Crippen LogP contribution is -2.27. The summed E-state index contributed by atoms with van der Waals surface area (Å²) in [6, 6.07) is 17.0. The molecule has 0 radical (unpaired) electrons. The Morgan fingerprint density at radius 1 is 1.10 bits per heavy atom. The van der Waals surface area contributed by atoms with Crippen molar-refractivity contribution in [1.29, 1.82) is 0 Å². The van der Waals surface area contributed by atoms with Gasteiger partial charge in [0.2, 0.25) is 10.0 Å². The number of nitrogens with one attached hydrogen (secondary N) is 2. The maximum absolute atomic E-state index is 12.7. The van der Waals surface area contributed by atoms with Crippen LogP contribution in [0.25, 0.3) is 0 Å². The Labute approximate surface area is 181 Å². The van der Waals surface area contributed by atoms with E-state index in [1.54, 1.807) is 12.1 Å². The molecule has 30 heavy (non-hydrogen) atoms. The Morgan fingerprint density at radius 2 is 1.87 bits per heavy atom. The van der Waals surface area contributed by atoms with Gasteiger partial charge in [0.1, 0.15) is 5.75 Å². The maximum Gasteiger partial charge on any atom is 0.251 e. The van der Waals surface area contributed by atoms with E-state index in [1.807, 2.05) is 55.6 Å². The molecule has 6 nitrogen and oxygen atoms in total. The van der Waals surface area contributed by atoms with Gasteiger partial charge in [0, 0.05) is 17.0 Å². The first kappa shape index (κ1) is 22.0. The van der Waals surface area contributed by atoms with Crippen molar-refractivity contribution in [3.05, 3.63) is 82.0 Å². The third-order valence-electron chi connectivity index (χ3n) is 4.46. The first-order chi connectivity index (χ1) is 14.4. The maximum atomic E-state index is 12.7. The summed E-state index contributed by atoms with van der Waals surface area (Å²) >= 11 is 1.48. The van der Waals surface area contributed by atoms with Crippen LogP contribution in [0.3, 0.4) is 0 Å². The van der Waals surface area contributed by atoms with E-state index in [2.05, 4.69) is 10.0 Å². The Kier molecular flexibility index (Phi) is 7.25. The summed E-state index contributed by atoms with van der Waals surface area (Å²) in [7, 11) is -3.72. The molecule has 1 aromatic heterocycles. The molecule has 0 spiro atoms. The van der Waals surface area contributed by atoms with Crippen LogP contribution in [0.4, 0.5) is 0 Å². The number of carbonyl (C=O) groups is 1. The highest BCUT2D eigenvalue weighted by Gasteiger charge is 2.17. The lowest BCUT2D eigenvalue weighted by atomic mass is 10.1. The van der Waals surface area contributed by atoms with Crippen LogP contribution in [0.5, 0.6) is 5.75 Å². The van der Waals surface area contributed by atoms with Crippen molar-refractivity contribution in [3.8, 4) is 5.75 Å². The summed E-state index contributed by atoms with van der Waals surface area (Å²) in [4.78, 5) is 13.6. The monoisotopic (exact) mass is 444 g/mol. The van der Waals surface area contributed by atoms with Gasteiger partial charge in [-0.05, 0) is 61.2 Å². The first-order valence-electron chi connectivity index (χ1n) is 9.55. The zero-order valence-electron chi connectivity index (χ0n) is 16.8. The molecule has 0 fully saturated rings. The molecular weight excluding hydrogens is 420 g/mol. The third-order valence-corrected chi connectivity index (χ3v) is 6.74. The van der Waals surface area contributed by atoms with Crippen molar-refractivity contribution in [1.82, 2.24) is 10.0 Å². The smallest absolute Gasteiger partial charge is 0.251 e. The molecule has 1 amide bonds. The van der Waals surface area contributed by atoms with Gasteiger partial charge in [-0.25, -0.2) is 13.1 Å². The molecule has 2 aromatic carbocycles. The van der Waals surface area contributed by atoms with Crippen LogP contribution in [0.15, 0.2) is 70.9 Å². The molecule has 158 valence electrons. The Morgan fingerprint density at radius 3 is 2.53 bits per heavy atom. The molecule has 1 heterocycles. The number of amides is 1. The van der Waals surface area contributed by atoms with Gasteiger partial charge in [-0.15, -0.1) is 11.3 Å². The fourth-order valence-corrected chi connectivity index (χ4v) is 4.64. The zero-order valence-corrected chi connectivity index (χ0v) is 18.4. The molecule has 0 aliphatic carbocycles. The molecule has 3 aromatic rings. The summed E-state index contributed by atoms with van der Waals surface area (Å²) in [5, 5.41) is 4.79. The van der Waals surface area contributed by atoms with Gasteiger partial charge >= 0.3 is 0 Å². The van der Waals surface area contributed by atoms with E-state index >= 15 is 0 Å². The number of rotatable bonds is 9. The number of thiophene rings is 1. The summed E-state index contributed by atoms with van der Waals surface area (Å²) < 4.78 is 33.2. The van der Waals surface area contributed by atoms with Crippen molar-refractivity contribution in [2.75, 3.05) is 6.61 Å². The molecule has 3 rings (SSSR count). The van der Waals surface area contributed by atoms with Crippen LogP contribution >= 0.6 is 11.3 Å². The lowest BCUT2D eigenvalue weighted by Gasteiger charge is -2.15. The van der Waals surface area contributed by atoms with E-state index in [0.717, 1.165) is 16.2 Å². The van der Waals surface area contributed by atoms with E-state index in [9.17, 15) is 13.2 Å². The topological polar surface area (TPSA) is 84.5 Å². The van der Waals surface area contributed by atoms with Gasteiger partial charge in [-0.2, -0.15) is 0 Å². The standard InChI is InChI=1S/C22H24N2O4S2/c1-3-28-19-11-9-17(10-12-19)16(2)24-22(25)18-6-4-8-21(14-18)30(26,27)23-15-20-7-5-13-29-20/h4-14,16,23H,3,15H2,1-2H3,(H,24,25). The second kappa shape index (κ2) is 9.88. The van der Waals surface area contributed by atoms with Crippen LogP contribution in [0.2, 0.25) is 0 Å². The fraction of sp³-hybridized carbons (Fsp3) is 0.227.